The zero-order valence-electron chi connectivity index (χ0n) is 20.3. The maximum atomic E-state index is 14.4. The van der Waals surface area contributed by atoms with Gasteiger partial charge < -0.3 is 10.6 Å². The number of pyridine rings is 1. The zero-order chi connectivity index (χ0) is 29.2. The first-order chi connectivity index (χ1) is 19.4. The van der Waals surface area contributed by atoms with Crippen molar-refractivity contribution in [2.24, 2.45) is 0 Å². The van der Waals surface area contributed by atoms with Crippen molar-refractivity contribution in [2.75, 3.05) is 5.32 Å². The summed E-state index contributed by atoms with van der Waals surface area (Å²) in [5.74, 6) is -2.45. The number of carbonyl (C=O) groups excluding carboxylic acids is 1. The predicted molar refractivity (Wildman–Crippen MR) is 136 cm³/mol. The van der Waals surface area contributed by atoms with Crippen molar-refractivity contribution in [1.82, 2.24) is 20.1 Å². The SMILES string of the molecule is O=C1NC(c2cc(F)ccc2Cl)c2c(Nc3cncc4c(C(F)(F)F)cc(F)cc34)cc3c(cnn3CC(F)F)c21. The van der Waals surface area contributed by atoms with Gasteiger partial charge in [-0.15, -0.1) is 0 Å². The van der Waals surface area contributed by atoms with Crippen LogP contribution in [0.5, 0.6) is 0 Å². The fraction of sp³-hybridized carbons (Fsp3) is 0.148. The molecule has 14 heteroatoms. The molecular weight excluding hydrogens is 579 g/mol. The maximum absolute atomic E-state index is 14.4. The summed E-state index contributed by atoms with van der Waals surface area (Å²) >= 11 is 6.34. The molecule has 1 atom stereocenters. The average molecular weight is 594 g/mol. The Hall–Kier alpha value is -4.39. The van der Waals surface area contributed by atoms with Crippen LogP contribution in [0, 0.1) is 11.6 Å². The predicted octanol–water partition coefficient (Wildman–Crippen LogP) is 7.38. The van der Waals surface area contributed by atoms with Crippen LogP contribution in [0.4, 0.5) is 42.1 Å². The summed E-state index contributed by atoms with van der Waals surface area (Å²) in [4.78, 5) is 17.1. The molecule has 0 radical (unpaired) electrons. The number of halogens is 8. The number of alkyl halides is 5. The molecule has 6 rings (SSSR count). The Kier molecular flexibility index (Phi) is 6.29. The fourth-order valence-corrected chi connectivity index (χ4v) is 5.34. The van der Waals surface area contributed by atoms with E-state index in [1.54, 1.807) is 0 Å². The third-order valence-corrected chi connectivity index (χ3v) is 7.12. The summed E-state index contributed by atoms with van der Waals surface area (Å²) in [6.45, 7) is -0.807. The highest BCUT2D eigenvalue weighted by Crippen LogP contribution is 2.45. The number of nitrogens with one attached hydrogen (secondary N) is 2. The minimum atomic E-state index is -4.89. The first-order valence-corrected chi connectivity index (χ1v) is 12.3. The molecule has 0 bridgehead atoms. The Morgan fingerprint density at radius 1 is 0.976 bits per heavy atom. The molecule has 0 aliphatic carbocycles. The minimum Gasteiger partial charge on any atom is -0.353 e. The highest BCUT2D eigenvalue weighted by atomic mass is 35.5. The summed E-state index contributed by atoms with van der Waals surface area (Å²) in [5.41, 5.74) is -0.745. The maximum Gasteiger partial charge on any atom is 0.417 e. The van der Waals surface area contributed by atoms with E-state index in [-0.39, 0.29) is 49.4 Å². The molecule has 0 saturated carbocycles. The lowest BCUT2D eigenvalue weighted by atomic mass is 9.94. The van der Waals surface area contributed by atoms with Crippen LogP contribution in [-0.2, 0) is 12.7 Å². The molecule has 3 aromatic carbocycles. The molecule has 1 aliphatic heterocycles. The average Bonchev–Trinajstić information content (AvgIpc) is 3.45. The molecule has 41 heavy (non-hydrogen) atoms. The summed E-state index contributed by atoms with van der Waals surface area (Å²) in [5, 5.41) is 9.34. The molecule has 0 saturated heterocycles. The smallest absolute Gasteiger partial charge is 0.353 e. The highest BCUT2D eigenvalue weighted by Gasteiger charge is 2.37. The van der Waals surface area contributed by atoms with E-state index in [2.05, 4.69) is 20.7 Å². The standard InChI is InChI=1S/C27H15ClF7N5O/c28-18-2-1-11(29)3-14(18)25-24-19(6-21-16(23(24)26(41)39-25)8-37-40(21)10-22(31)32)38-20-9-36-7-15-13(20)4-12(30)5-17(15)27(33,34)35/h1-9,22,25,38H,10H2,(H,39,41). The molecule has 6 nitrogen and oxygen atoms in total. The number of hydrogen-bond donors (Lipinski definition) is 2. The van der Waals surface area contributed by atoms with Crippen LogP contribution in [0.3, 0.4) is 0 Å². The summed E-state index contributed by atoms with van der Waals surface area (Å²) in [7, 11) is 0. The van der Waals surface area contributed by atoms with Crippen molar-refractivity contribution in [3.63, 3.8) is 0 Å². The molecule has 0 fully saturated rings. The fourth-order valence-electron chi connectivity index (χ4n) is 5.12. The molecule has 0 spiro atoms. The second-order valence-electron chi connectivity index (χ2n) is 9.29. The van der Waals surface area contributed by atoms with Gasteiger partial charge >= 0.3 is 6.18 Å². The number of aromatic nitrogens is 3. The normalized spacial score (nSPS) is 15.1. The van der Waals surface area contributed by atoms with Crippen molar-refractivity contribution >= 4 is 50.6 Å². The Balaban J connectivity index is 1.62. The lowest BCUT2D eigenvalue weighted by molar-refractivity contribution is -0.136. The van der Waals surface area contributed by atoms with Crippen molar-refractivity contribution in [3.8, 4) is 0 Å². The van der Waals surface area contributed by atoms with Gasteiger partial charge in [0.1, 0.15) is 18.2 Å². The summed E-state index contributed by atoms with van der Waals surface area (Å²) in [6, 6.07) is 5.10. The number of benzene rings is 3. The van der Waals surface area contributed by atoms with Crippen LogP contribution >= 0.6 is 11.6 Å². The number of nitrogens with zero attached hydrogens (tertiary/aromatic N) is 3. The van der Waals surface area contributed by atoms with E-state index in [0.717, 1.165) is 35.3 Å². The number of amides is 1. The van der Waals surface area contributed by atoms with Gasteiger partial charge in [0.25, 0.3) is 12.3 Å². The molecule has 1 aliphatic rings. The van der Waals surface area contributed by atoms with Gasteiger partial charge in [0, 0.05) is 44.2 Å². The van der Waals surface area contributed by atoms with Gasteiger partial charge in [-0.3, -0.25) is 14.5 Å². The van der Waals surface area contributed by atoms with Crippen LogP contribution in [0.25, 0.3) is 21.7 Å². The third kappa shape index (κ3) is 4.59. The largest absolute Gasteiger partial charge is 0.417 e. The molecule has 3 heterocycles. The Bertz CT molecular complexity index is 1870. The third-order valence-electron chi connectivity index (χ3n) is 6.78. The number of carbonyl (C=O) groups is 1. The van der Waals surface area contributed by atoms with Crippen molar-refractivity contribution < 1.29 is 35.5 Å². The first kappa shape index (κ1) is 26.8. The van der Waals surface area contributed by atoms with E-state index >= 15 is 0 Å². The van der Waals surface area contributed by atoms with E-state index in [4.69, 9.17) is 11.6 Å². The lowest BCUT2D eigenvalue weighted by Crippen LogP contribution is -2.20. The molecule has 2 N–H and O–H groups in total. The van der Waals surface area contributed by atoms with Gasteiger partial charge in [-0.2, -0.15) is 18.3 Å². The van der Waals surface area contributed by atoms with Crippen LogP contribution in [0.15, 0.2) is 55.0 Å². The number of hydrogen-bond acceptors (Lipinski definition) is 4. The highest BCUT2D eigenvalue weighted by molar-refractivity contribution is 6.31. The Labute approximate surface area is 230 Å². The van der Waals surface area contributed by atoms with Crippen LogP contribution in [0.2, 0.25) is 5.02 Å². The quantitative estimate of drug-likeness (QED) is 0.209. The van der Waals surface area contributed by atoms with E-state index in [1.807, 2.05) is 0 Å². The Morgan fingerprint density at radius 2 is 1.76 bits per heavy atom. The summed E-state index contributed by atoms with van der Waals surface area (Å²) < 4.78 is 97.3. The molecule has 1 amide bonds. The monoisotopic (exact) mass is 593 g/mol. The van der Waals surface area contributed by atoms with Gasteiger partial charge in [-0.05, 0) is 36.4 Å². The van der Waals surface area contributed by atoms with Crippen molar-refractivity contribution in [1.29, 1.82) is 0 Å². The van der Waals surface area contributed by atoms with Gasteiger partial charge in [0.2, 0.25) is 0 Å². The number of rotatable bonds is 5. The van der Waals surface area contributed by atoms with Crippen LogP contribution in [-0.4, -0.2) is 27.1 Å². The summed E-state index contributed by atoms with van der Waals surface area (Å²) in [6.07, 6.45) is -4.35. The van der Waals surface area contributed by atoms with Crippen LogP contribution in [0.1, 0.15) is 33.1 Å². The number of fused-ring (bicyclic) bond motifs is 4. The Morgan fingerprint density at radius 3 is 2.49 bits per heavy atom. The zero-order valence-corrected chi connectivity index (χ0v) is 21.1. The van der Waals surface area contributed by atoms with Crippen molar-refractivity contribution in [3.05, 3.63) is 93.9 Å². The molecular formula is C27H15ClF7N5O. The van der Waals surface area contributed by atoms with Gasteiger partial charge in [0.05, 0.1) is 40.8 Å². The van der Waals surface area contributed by atoms with E-state index in [0.29, 0.717) is 6.07 Å². The lowest BCUT2D eigenvalue weighted by Gasteiger charge is -2.20. The minimum absolute atomic E-state index is 0.0196. The number of anilines is 2. The molecule has 210 valence electrons. The molecule has 2 aromatic heterocycles. The van der Waals surface area contributed by atoms with Gasteiger partial charge in [-0.1, -0.05) is 11.6 Å². The second-order valence-corrected chi connectivity index (χ2v) is 9.70. The topological polar surface area (TPSA) is 71.8 Å². The van der Waals surface area contributed by atoms with Crippen LogP contribution < -0.4 is 10.6 Å². The van der Waals surface area contributed by atoms with E-state index in [1.165, 1.54) is 18.3 Å². The molecule has 1 unspecified atom stereocenters. The molecule has 5 aromatic rings. The second kappa shape index (κ2) is 9.61. The van der Waals surface area contributed by atoms with Gasteiger partial charge in [0.15, 0.2) is 0 Å². The first-order valence-electron chi connectivity index (χ1n) is 11.9. The van der Waals surface area contributed by atoms with E-state index < -0.39 is 53.7 Å². The van der Waals surface area contributed by atoms with E-state index in [9.17, 15) is 35.5 Å². The van der Waals surface area contributed by atoms with Gasteiger partial charge in [-0.25, -0.2) is 17.6 Å². The van der Waals surface area contributed by atoms with Crippen molar-refractivity contribution in [2.45, 2.75) is 25.2 Å².